The van der Waals surface area contributed by atoms with E-state index in [1.54, 1.807) is 13.0 Å². The summed E-state index contributed by atoms with van der Waals surface area (Å²) >= 11 is 0. The van der Waals surface area contributed by atoms with Gasteiger partial charge in [-0.1, -0.05) is 25.3 Å². The van der Waals surface area contributed by atoms with Crippen molar-refractivity contribution >= 4 is 6.21 Å². The quantitative estimate of drug-likeness (QED) is 0.110. The number of aliphatic hydroxyl groups excluding tert-OH is 2. The molecule has 0 radical (unpaired) electrons. The molecule has 4 unspecified atom stereocenters. The molecule has 6 N–H and O–H groups in total. The normalized spacial score (nSPS) is 19.0. The van der Waals surface area contributed by atoms with E-state index in [1.807, 2.05) is 18.3 Å². The molecule has 4 atom stereocenters. The standard InChI is InChI=1S/C32H48N2O5/c1-23(9-15-30(36)24(2)35)26-21-27(34-22-26)17-19-38-32-20-25(11-16-31(32)37)10-12-29-14-13-28(39-29)8-6-4-3-5-7-18-33/h11,13-14,16,20-24,28,30,35-36,39H,3-10,12,15,17-19,33H2,1-2H3/p+1. The first-order valence-electron chi connectivity index (χ1n) is 14.7. The third-order valence-electron chi connectivity index (χ3n) is 7.59. The summed E-state index contributed by atoms with van der Waals surface area (Å²) in [6.07, 6.45) is 19.3. The molecule has 1 aromatic carbocycles. The number of aryl methyl sites for hydroxylation is 1. The molecule has 39 heavy (non-hydrogen) atoms. The molecular formula is C32H49N2O5+. The number of benzene rings is 1. The molecule has 0 saturated carbocycles. The van der Waals surface area contributed by atoms with Gasteiger partial charge in [0.1, 0.15) is 30.9 Å². The van der Waals surface area contributed by atoms with Gasteiger partial charge in [0, 0.05) is 12.3 Å². The van der Waals surface area contributed by atoms with Gasteiger partial charge in [0.2, 0.25) is 0 Å². The van der Waals surface area contributed by atoms with E-state index in [2.05, 4.69) is 30.1 Å². The van der Waals surface area contributed by atoms with Gasteiger partial charge >= 0.3 is 0 Å². The van der Waals surface area contributed by atoms with Crippen molar-refractivity contribution in [2.75, 3.05) is 13.2 Å². The zero-order chi connectivity index (χ0) is 28.0. The first-order valence-corrected chi connectivity index (χ1v) is 14.7. The fourth-order valence-corrected chi connectivity index (χ4v) is 4.88. The van der Waals surface area contributed by atoms with Crippen molar-refractivity contribution in [1.29, 1.82) is 0 Å². The lowest BCUT2D eigenvalue weighted by Gasteiger charge is -2.17. The Kier molecular flexibility index (Phi) is 13.2. The van der Waals surface area contributed by atoms with Crippen LogP contribution in [0.25, 0.3) is 0 Å². The molecule has 2 aliphatic rings. The number of aliphatic imine (C=N–C) groups is 1. The second kappa shape index (κ2) is 16.6. The van der Waals surface area contributed by atoms with Crippen LogP contribution in [0.3, 0.4) is 0 Å². The fraction of sp³-hybridized carbons (Fsp3) is 0.594. The highest BCUT2D eigenvalue weighted by Gasteiger charge is 2.28. The van der Waals surface area contributed by atoms with Gasteiger partial charge in [0.05, 0.1) is 24.7 Å². The van der Waals surface area contributed by atoms with E-state index >= 15 is 0 Å². The summed E-state index contributed by atoms with van der Waals surface area (Å²) in [4.78, 5) is 4.51. The molecule has 0 bridgehead atoms. The minimum atomic E-state index is -0.713. The fourth-order valence-electron chi connectivity index (χ4n) is 4.88. The zero-order valence-corrected chi connectivity index (χ0v) is 23.8. The average molecular weight is 542 g/mol. The van der Waals surface area contributed by atoms with E-state index in [-0.39, 0.29) is 11.7 Å². The van der Waals surface area contributed by atoms with Crippen LogP contribution in [0.5, 0.6) is 11.5 Å². The third-order valence-corrected chi connectivity index (χ3v) is 7.59. The first kappa shape index (κ1) is 31.1. The number of phenolic OH excluding ortho intramolecular Hbond substituents is 1. The van der Waals surface area contributed by atoms with Gasteiger partial charge in [-0.25, -0.2) is 0 Å². The van der Waals surface area contributed by atoms with E-state index in [0.29, 0.717) is 31.3 Å². The van der Waals surface area contributed by atoms with E-state index in [0.717, 1.165) is 61.9 Å². The van der Waals surface area contributed by atoms with Crippen molar-refractivity contribution in [1.82, 2.24) is 0 Å². The number of ether oxygens (including phenoxy) is 2. The van der Waals surface area contributed by atoms with Crippen LogP contribution in [0, 0.1) is 17.9 Å². The van der Waals surface area contributed by atoms with E-state index in [9.17, 15) is 15.3 Å². The molecule has 7 heteroatoms. The Hall–Kier alpha value is -2.45. The van der Waals surface area contributed by atoms with Gasteiger partial charge in [0.25, 0.3) is 0 Å². The van der Waals surface area contributed by atoms with Crippen molar-refractivity contribution in [2.24, 2.45) is 16.6 Å². The molecule has 2 heterocycles. The van der Waals surface area contributed by atoms with Gasteiger partial charge in [-0.15, -0.1) is 17.1 Å². The van der Waals surface area contributed by atoms with Gasteiger partial charge < -0.3 is 30.5 Å². The molecule has 0 amide bonds. The predicted octanol–water partition coefficient (Wildman–Crippen LogP) is 5.09. The molecule has 1 aromatic rings. The number of aromatic hydroxyl groups is 1. The number of allylic oxidation sites excluding steroid dienone is 1. The average Bonchev–Trinajstić information content (AvgIpc) is 3.59. The Morgan fingerprint density at radius 1 is 1.10 bits per heavy atom. The van der Waals surface area contributed by atoms with Crippen LogP contribution in [0.1, 0.15) is 83.6 Å². The van der Waals surface area contributed by atoms with Crippen molar-refractivity contribution < 1.29 is 24.8 Å². The monoisotopic (exact) mass is 541 g/mol. The largest absolute Gasteiger partial charge is 0.504 e. The summed E-state index contributed by atoms with van der Waals surface area (Å²) in [6.45, 7) is 4.93. The van der Waals surface area contributed by atoms with Crippen LogP contribution in [-0.2, 0) is 6.42 Å². The molecule has 0 aliphatic carbocycles. The lowest BCUT2D eigenvalue weighted by atomic mass is 9.89. The van der Waals surface area contributed by atoms with Crippen molar-refractivity contribution in [3.05, 3.63) is 59.7 Å². The summed E-state index contributed by atoms with van der Waals surface area (Å²) in [5.74, 6) is 2.02. The first-order chi connectivity index (χ1) is 18.9. The van der Waals surface area contributed by atoms with Crippen molar-refractivity contribution in [3.8, 4) is 11.5 Å². The number of rotatable bonds is 19. The van der Waals surface area contributed by atoms with Crippen LogP contribution in [0.2, 0.25) is 0 Å². The highest BCUT2D eigenvalue weighted by Crippen LogP contribution is 2.31. The summed E-state index contributed by atoms with van der Waals surface area (Å²) in [5, 5.41) is 29.6. The number of aliphatic hydroxyl groups is 4. The zero-order valence-electron chi connectivity index (χ0n) is 23.8. The third kappa shape index (κ3) is 10.9. The summed E-state index contributed by atoms with van der Waals surface area (Å²) < 4.78 is 10.8. The smallest absolute Gasteiger partial charge is 0.178 e. The SMILES string of the molecule is CC(CCC(O)C(C)O)[C+]1C=NC(CCOc2cc(CC[C-]3C=CC(CCCCCCCN)[OH+]3)ccc2O)=C1. The van der Waals surface area contributed by atoms with Gasteiger partial charge in [-0.05, 0) is 76.6 Å². The second-order valence-corrected chi connectivity index (χ2v) is 11.0. The number of unbranched alkanes of at least 4 members (excludes halogenated alkanes) is 4. The second-order valence-electron chi connectivity index (χ2n) is 11.0. The molecule has 7 nitrogen and oxygen atoms in total. The molecule has 3 rings (SSSR count). The number of hydrogen-bond acceptors (Lipinski definition) is 6. The molecule has 0 aromatic heterocycles. The topological polar surface area (TPSA) is 121 Å². The number of nitrogens with zero attached hydrogens (tertiary/aromatic N) is 1. The molecule has 0 spiro atoms. The lowest BCUT2D eigenvalue weighted by Crippen LogP contribution is -2.23. The van der Waals surface area contributed by atoms with Gasteiger partial charge in [0.15, 0.2) is 17.2 Å². The minimum Gasteiger partial charge on any atom is -0.504 e. The highest BCUT2D eigenvalue weighted by atomic mass is 16.5. The van der Waals surface area contributed by atoms with E-state index < -0.39 is 12.2 Å². The maximum atomic E-state index is 10.3. The molecule has 0 saturated heterocycles. The maximum absolute atomic E-state index is 10.3. The Bertz CT molecular complexity index is 944. The maximum Gasteiger partial charge on any atom is 0.178 e. The number of nitrogens with two attached hydrogens (primary N) is 1. The molecule has 2 aliphatic heterocycles. The molecular weight excluding hydrogens is 492 g/mol. The Morgan fingerprint density at radius 2 is 1.90 bits per heavy atom. The number of phenols is 1. The predicted molar refractivity (Wildman–Crippen MR) is 158 cm³/mol. The van der Waals surface area contributed by atoms with Crippen molar-refractivity contribution in [2.45, 2.75) is 103 Å². The van der Waals surface area contributed by atoms with E-state index in [4.69, 9.17) is 15.2 Å². The van der Waals surface area contributed by atoms with Crippen LogP contribution in [-0.4, -0.2) is 57.7 Å². The summed E-state index contributed by atoms with van der Waals surface area (Å²) in [6, 6.07) is 5.57. The molecule has 0 fully saturated rings. The summed E-state index contributed by atoms with van der Waals surface area (Å²) in [5.41, 5.74) is 7.62. The van der Waals surface area contributed by atoms with E-state index in [1.165, 1.54) is 25.7 Å². The Balaban J connectivity index is 1.35. The Labute approximate surface area is 234 Å². The lowest BCUT2D eigenvalue weighted by molar-refractivity contribution is -0.0482. The van der Waals surface area contributed by atoms with Crippen LogP contribution >= 0.6 is 0 Å². The summed E-state index contributed by atoms with van der Waals surface area (Å²) in [7, 11) is 0. The van der Waals surface area contributed by atoms with Gasteiger partial charge in [-0.2, -0.15) is 0 Å². The highest BCUT2D eigenvalue weighted by molar-refractivity contribution is 5.82. The molecule has 216 valence electrons. The van der Waals surface area contributed by atoms with Gasteiger partial charge in [-0.3, -0.25) is 0 Å². The minimum absolute atomic E-state index is 0.143. The number of hydrogen-bond donors (Lipinski definition) is 4. The van der Waals surface area contributed by atoms with Crippen LogP contribution < -0.4 is 10.5 Å². The van der Waals surface area contributed by atoms with Crippen LogP contribution in [0.15, 0.2) is 47.1 Å². The van der Waals surface area contributed by atoms with Crippen molar-refractivity contribution in [3.63, 3.8) is 0 Å². The van der Waals surface area contributed by atoms with Crippen LogP contribution in [0.4, 0.5) is 0 Å². The Morgan fingerprint density at radius 3 is 2.69 bits per heavy atom.